The summed E-state index contributed by atoms with van der Waals surface area (Å²) in [6, 6.07) is 7.60. The molecular formula is C21H25BrN4O2. The summed E-state index contributed by atoms with van der Waals surface area (Å²) in [6.45, 7) is 9.55. The Kier molecular flexibility index (Phi) is 6.15. The molecular weight excluding hydrogens is 420 g/mol. The zero-order chi connectivity index (χ0) is 20.4. The number of fused-ring (bicyclic) bond motifs is 1. The van der Waals surface area contributed by atoms with Crippen LogP contribution in [0.1, 0.15) is 42.5 Å². The lowest BCUT2D eigenvalue weighted by Crippen LogP contribution is -2.23. The molecule has 0 spiro atoms. The highest BCUT2D eigenvalue weighted by molar-refractivity contribution is 9.10. The summed E-state index contributed by atoms with van der Waals surface area (Å²) >= 11 is 3.43. The second-order valence-electron chi connectivity index (χ2n) is 7.12. The maximum Gasteiger partial charge on any atom is 0.282 e. The molecule has 0 saturated heterocycles. The quantitative estimate of drug-likeness (QED) is 0.534. The molecule has 2 heterocycles. The Bertz CT molecular complexity index is 1100. The number of aryl methyl sites for hydroxylation is 1. The predicted octanol–water partition coefficient (Wildman–Crippen LogP) is 4.23. The van der Waals surface area contributed by atoms with Crippen molar-refractivity contribution in [1.29, 1.82) is 0 Å². The first-order valence-corrected chi connectivity index (χ1v) is 10.0. The summed E-state index contributed by atoms with van der Waals surface area (Å²) in [5.74, 6) is 0.705. The predicted molar refractivity (Wildman–Crippen MR) is 117 cm³/mol. The van der Waals surface area contributed by atoms with E-state index in [1.165, 1.54) is 4.68 Å². The van der Waals surface area contributed by atoms with Crippen LogP contribution in [0.3, 0.4) is 0 Å². The average Bonchev–Trinajstić information content (AvgIpc) is 2.92. The van der Waals surface area contributed by atoms with Crippen molar-refractivity contribution < 1.29 is 4.74 Å². The molecule has 148 valence electrons. The van der Waals surface area contributed by atoms with Gasteiger partial charge in [-0.3, -0.25) is 4.79 Å². The standard InChI is InChI=1S/C21H25BrN4O2/c1-13(2)20-24-19-7-6-17(22)11-18(19)21(27)26(20)23-12-16-10-14(3)25(15(16)4)8-9-28-5/h6-7,10-13H,8-9H2,1-5H3. The van der Waals surface area contributed by atoms with Gasteiger partial charge < -0.3 is 9.30 Å². The summed E-state index contributed by atoms with van der Waals surface area (Å²) in [7, 11) is 1.70. The molecule has 6 nitrogen and oxygen atoms in total. The van der Waals surface area contributed by atoms with Crippen molar-refractivity contribution in [1.82, 2.24) is 14.2 Å². The Morgan fingerprint density at radius 3 is 2.71 bits per heavy atom. The van der Waals surface area contributed by atoms with Gasteiger partial charge in [-0.25, -0.2) is 4.98 Å². The molecule has 0 aliphatic carbocycles. The van der Waals surface area contributed by atoms with E-state index in [2.05, 4.69) is 43.6 Å². The fourth-order valence-electron chi connectivity index (χ4n) is 3.26. The first-order chi connectivity index (χ1) is 13.3. The molecule has 7 heteroatoms. The van der Waals surface area contributed by atoms with Crippen molar-refractivity contribution in [2.75, 3.05) is 13.7 Å². The van der Waals surface area contributed by atoms with Crippen LogP contribution in [0.4, 0.5) is 0 Å². The van der Waals surface area contributed by atoms with Crippen molar-refractivity contribution in [3.8, 4) is 0 Å². The Morgan fingerprint density at radius 1 is 1.29 bits per heavy atom. The minimum absolute atomic E-state index is 0.0621. The smallest absolute Gasteiger partial charge is 0.282 e. The van der Waals surface area contributed by atoms with Crippen LogP contribution in [-0.4, -0.2) is 34.2 Å². The lowest BCUT2D eigenvalue weighted by molar-refractivity contribution is 0.186. The Morgan fingerprint density at radius 2 is 2.04 bits per heavy atom. The maximum atomic E-state index is 13.1. The zero-order valence-electron chi connectivity index (χ0n) is 16.9. The second kappa shape index (κ2) is 8.41. The van der Waals surface area contributed by atoms with Gasteiger partial charge in [0.15, 0.2) is 0 Å². The number of benzene rings is 1. The highest BCUT2D eigenvalue weighted by Crippen LogP contribution is 2.19. The van der Waals surface area contributed by atoms with Gasteiger partial charge in [0.2, 0.25) is 0 Å². The van der Waals surface area contributed by atoms with E-state index in [0.717, 1.165) is 28.0 Å². The number of methoxy groups -OCH3 is 1. The van der Waals surface area contributed by atoms with E-state index >= 15 is 0 Å². The zero-order valence-corrected chi connectivity index (χ0v) is 18.4. The third-order valence-corrected chi connectivity index (χ3v) is 5.29. The van der Waals surface area contributed by atoms with Gasteiger partial charge in [-0.05, 0) is 38.1 Å². The molecule has 0 bridgehead atoms. The molecule has 3 aromatic rings. The molecule has 0 N–H and O–H groups in total. The summed E-state index contributed by atoms with van der Waals surface area (Å²) < 4.78 is 9.64. The number of hydrogen-bond donors (Lipinski definition) is 0. The number of nitrogens with zero attached hydrogens (tertiary/aromatic N) is 4. The fourth-order valence-corrected chi connectivity index (χ4v) is 3.62. The maximum absolute atomic E-state index is 13.1. The molecule has 0 fully saturated rings. The van der Waals surface area contributed by atoms with Crippen molar-refractivity contribution in [3.05, 3.63) is 61.9 Å². The molecule has 0 unspecified atom stereocenters. The number of rotatable bonds is 6. The van der Waals surface area contributed by atoms with Crippen molar-refractivity contribution in [3.63, 3.8) is 0 Å². The first kappa shape index (κ1) is 20.5. The largest absolute Gasteiger partial charge is 0.383 e. The van der Waals surface area contributed by atoms with Crippen LogP contribution in [-0.2, 0) is 11.3 Å². The molecule has 1 aromatic carbocycles. The van der Waals surface area contributed by atoms with Gasteiger partial charge in [-0.15, -0.1) is 0 Å². The third kappa shape index (κ3) is 3.95. The van der Waals surface area contributed by atoms with Crippen LogP contribution in [0, 0.1) is 13.8 Å². The van der Waals surface area contributed by atoms with Gasteiger partial charge in [-0.2, -0.15) is 9.78 Å². The summed E-state index contributed by atoms with van der Waals surface area (Å²) in [5, 5.41) is 5.07. The Labute approximate surface area is 173 Å². The number of aromatic nitrogens is 3. The monoisotopic (exact) mass is 444 g/mol. The normalized spacial score (nSPS) is 12.0. The van der Waals surface area contributed by atoms with Gasteiger partial charge >= 0.3 is 0 Å². The van der Waals surface area contributed by atoms with Crippen LogP contribution < -0.4 is 5.56 Å². The summed E-state index contributed by atoms with van der Waals surface area (Å²) in [4.78, 5) is 17.8. The summed E-state index contributed by atoms with van der Waals surface area (Å²) in [5.41, 5.74) is 3.71. The van der Waals surface area contributed by atoms with Crippen LogP contribution in [0.2, 0.25) is 0 Å². The molecule has 0 aliphatic rings. The molecule has 28 heavy (non-hydrogen) atoms. The van der Waals surface area contributed by atoms with E-state index in [9.17, 15) is 4.79 Å². The van der Waals surface area contributed by atoms with Crippen LogP contribution in [0.25, 0.3) is 10.9 Å². The van der Waals surface area contributed by atoms with E-state index in [4.69, 9.17) is 4.74 Å². The van der Waals surface area contributed by atoms with Crippen molar-refractivity contribution in [2.24, 2.45) is 5.10 Å². The van der Waals surface area contributed by atoms with E-state index in [1.807, 2.05) is 32.9 Å². The van der Waals surface area contributed by atoms with Gasteiger partial charge in [0.25, 0.3) is 5.56 Å². The average molecular weight is 445 g/mol. The number of hydrogen-bond acceptors (Lipinski definition) is 4. The van der Waals surface area contributed by atoms with Gasteiger partial charge in [-0.1, -0.05) is 29.8 Å². The van der Waals surface area contributed by atoms with Gasteiger partial charge in [0, 0.05) is 41.0 Å². The molecule has 2 aromatic heterocycles. The molecule has 0 radical (unpaired) electrons. The highest BCUT2D eigenvalue weighted by Gasteiger charge is 2.14. The van der Waals surface area contributed by atoms with Gasteiger partial charge in [0.1, 0.15) is 5.82 Å². The topological polar surface area (TPSA) is 61.4 Å². The van der Waals surface area contributed by atoms with Crippen LogP contribution in [0.15, 0.2) is 38.6 Å². The van der Waals surface area contributed by atoms with E-state index < -0.39 is 0 Å². The van der Waals surface area contributed by atoms with Crippen LogP contribution in [0.5, 0.6) is 0 Å². The highest BCUT2D eigenvalue weighted by atomic mass is 79.9. The fraction of sp³-hybridized carbons (Fsp3) is 0.381. The minimum atomic E-state index is -0.167. The number of ether oxygens (including phenoxy) is 1. The van der Waals surface area contributed by atoms with Crippen molar-refractivity contribution >= 4 is 33.0 Å². The lowest BCUT2D eigenvalue weighted by Gasteiger charge is -2.12. The molecule has 0 aliphatic heterocycles. The second-order valence-corrected chi connectivity index (χ2v) is 8.03. The summed E-state index contributed by atoms with van der Waals surface area (Å²) in [6.07, 6.45) is 1.74. The van der Waals surface area contributed by atoms with Gasteiger partial charge in [0.05, 0.1) is 23.7 Å². The minimum Gasteiger partial charge on any atom is -0.383 e. The number of halogens is 1. The Balaban J connectivity index is 2.10. The van der Waals surface area contributed by atoms with E-state index in [-0.39, 0.29) is 11.5 Å². The van der Waals surface area contributed by atoms with E-state index in [1.54, 1.807) is 19.4 Å². The van der Waals surface area contributed by atoms with Crippen molar-refractivity contribution in [2.45, 2.75) is 40.2 Å². The third-order valence-electron chi connectivity index (χ3n) is 4.79. The molecule has 0 saturated carbocycles. The lowest BCUT2D eigenvalue weighted by atomic mass is 10.2. The molecule has 0 atom stereocenters. The molecule has 3 rings (SSSR count). The SMILES string of the molecule is COCCn1c(C)cc(C=Nn2c(C(C)C)nc3ccc(Br)cc3c2=O)c1C. The molecule has 0 amide bonds. The first-order valence-electron chi connectivity index (χ1n) is 9.25. The Hall–Kier alpha value is -2.25. The van der Waals surface area contributed by atoms with E-state index in [0.29, 0.717) is 23.3 Å². The van der Waals surface area contributed by atoms with Crippen LogP contribution >= 0.6 is 15.9 Å².